The molecular weight excluding hydrogens is 1650 g/mol. The molecule has 0 aliphatic carbocycles. The minimum atomic E-state index is -1.78. The van der Waals surface area contributed by atoms with Gasteiger partial charge in [-0.15, -0.1) is 0 Å². The summed E-state index contributed by atoms with van der Waals surface area (Å²) < 4.78 is 33.5. The maximum Gasteiger partial charge on any atom is 0.306 e. The summed E-state index contributed by atoms with van der Waals surface area (Å²) in [5.41, 5.74) is 22.5. The zero-order valence-corrected chi connectivity index (χ0v) is 75.5. The molecule has 692 valence electrons. The van der Waals surface area contributed by atoms with E-state index in [1.807, 2.05) is 18.2 Å². The number of carbonyl (C=O) groups excluding carboxylic acids is 15. The van der Waals surface area contributed by atoms with Crippen molar-refractivity contribution in [1.82, 2.24) is 58.2 Å². The summed E-state index contributed by atoms with van der Waals surface area (Å²) in [6, 6.07) is 8.90. The Labute approximate surface area is 739 Å². The lowest BCUT2D eigenvalue weighted by Gasteiger charge is -2.31. The van der Waals surface area contributed by atoms with Crippen LogP contribution >= 0.6 is 11.6 Å². The average Bonchev–Trinajstić information content (AvgIpc) is 0.767. The number of primary amides is 3. The van der Waals surface area contributed by atoms with Gasteiger partial charge in [0.1, 0.15) is 76.8 Å². The van der Waals surface area contributed by atoms with Crippen LogP contribution in [-0.2, 0) is 86.1 Å². The van der Waals surface area contributed by atoms with E-state index in [0.717, 1.165) is 10.8 Å². The van der Waals surface area contributed by atoms with Gasteiger partial charge in [-0.3, -0.25) is 71.9 Å². The molecule has 0 aliphatic heterocycles. The van der Waals surface area contributed by atoms with Crippen molar-refractivity contribution in [2.24, 2.45) is 34.8 Å². The van der Waals surface area contributed by atoms with Crippen LogP contribution in [0.2, 0.25) is 5.02 Å². The number of fused-ring (bicyclic) bond motifs is 2. The number of rotatable bonds is 51. The fourth-order valence-electron chi connectivity index (χ4n) is 12.9. The van der Waals surface area contributed by atoms with E-state index in [1.54, 1.807) is 164 Å². The zero-order valence-electron chi connectivity index (χ0n) is 74.7. The first-order valence-corrected chi connectivity index (χ1v) is 42.2. The van der Waals surface area contributed by atoms with Gasteiger partial charge in [-0.05, 0) is 191 Å². The first-order chi connectivity index (χ1) is 59.1. The number of carbonyl (C=O) groups is 15. The number of hydrogen-bond acceptors (Lipinski definition) is 24. The minimum absolute atomic E-state index is 0.0248. The van der Waals surface area contributed by atoms with E-state index in [4.69, 9.17) is 67.9 Å². The van der Waals surface area contributed by atoms with Gasteiger partial charge in [0.05, 0.1) is 68.8 Å². The lowest BCUT2D eigenvalue weighted by molar-refractivity contribution is -0.156. The Morgan fingerprint density at radius 1 is 0.437 bits per heavy atom. The number of pyridine rings is 1. The predicted octanol–water partition coefficient (Wildman–Crippen LogP) is 4.43. The highest BCUT2D eigenvalue weighted by atomic mass is 35.5. The van der Waals surface area contributed by atoms with Crippen molar-refractivity contribution in [3.8, 4) is 17.2 Å². The SMILES string of the molecule is CC[C@H](C)[C@H](NC(=O)[C@H](COC(C)(C)C)NC(=O)[C@H](CCC(N)=O)NC(=O)[C@@H](N)CCC(N)=O)C(=O)N[C@@H](CCC(=O)OC(C)(C)C)C(=O)N[C@@H](CCC(N)=O)C(=O)N[C@@H](CC(C)C)C(=O)N[C@@H](CCC(=O)OC(C)(C)C)C(=O)N[C@@H](CC(=O)NC(c1ccc(OC)cc1)c1ccc(OC)cc1)C(=O)NCCCNc1c2ccc(Cl)cc2nc2ccc(OC)cc12. The van der Waals surface area contributed by atoms with E-state index >= 15 is 19.2 Å². The number of amides is 13. The Hall–Kier alpha value is -12.0. The molecular formula is C88H127ClN16O21. The number of nitrogens with zero attached hydrogens (tertiary/aromatic N) is 1. The Bertz CT molecular complexity index is 4560. The molecule has 0 bridgehead atoms. The van der Waals surface area contributed by atoms with Crippen LogP contribution in [0.4, 0.5) is 5.69 Å². The Kier molecular flexibility index (Phi) is 41.2. The summed E-state index contributed by atoms with van der Waals surface area (Å²) in [5, 5.41) is 31.9. The molecule has 5 aromatic rings. The van der Waals surface area contributed by atoms with Crippen LogP contribution in [0.15, 0.2) is 84.9 Å². The number of nitrogens with one attached hydrogen (secondary N) is 11. The number of benzene rings is 4. The number of halogens is 1. The molecule has 1 heterocycles. The molecule has 1 aromatic heterocycles. The van der Waals surface area contributed by atoms with Gasteiger partial charge in [-0.2, -0.15) is 0 Å². The minimum Gasteiger partial charge on any atom is -0.497 e. The quantitative estimate of drug-likeness (QED) is 0.0145. The van der Waals surface area contributed by atoms with Crippen molar-refractivity contribution in [3.63, 3.8) is 0 Å². The molecule has 13 amide bonds. The molecule has 37 nitrogen and oxygen atoms in total. The molecule has 0 saturated heterocycles. The van der Waals surface area contributed by atoms with E-state index in [9.17, 15) is 52.7 Å². The second-order valence-electron chi connectivity index (χ2n) is 34.1. The van der Waals surface area contributed by atoms with Gasteiger partial charge in [0.15, 0.2) is 0 Å². The van der Waals surface area contributed by atoms with Gasteiger partial charge < -0.3 is 110 Å². The summed E-state index contributed by atoms with van der Waals surface area (Å²) in [4.78, 5) is 215. The second kappa shape index (κ2) is 49.6. The van der Waals surface area contributed by atoms with Gasteiger partial charge in [0.25, 0.3) is 0 Å². The fraction of sp³-hybridized carbons (Fsp3) is 0.545. The van der Waals surface area contributed by atoms with E-state index < -0.39 is 236 Å². The normalized spacial score (nSPS) is 14.0. The third kappa shape index (κ3) is 36.3. The van der Waals surface area contributed by atoms with Crippen LogP contribution in [0.3, 0.4) is 0 Å². The molecule has 126 heavy (non-hydrogen) atoms. The summed E-state index contributed by atoms with van der Waals surface area (Å²) in [6.07, 6.45) is -4.92. The number of anilines is 1. The average molecular weight is 1780 g/mol. The maximum absolute atomic E-state index is 15.3. The molecule has 5 rings (SSSR count). The summed E-state index contributed by atoms with van der Waals surface area (Å²) >= 11 is 6.42. The molecule has 10 atom stereocenters. The Balaban J connectivity index is 1.51. The smallest absolute Gasteiger partial charge is 0.306 e. The third-order valence-electron chi connectivity index (χ3n) is 19.6. The Morgan fingerprint density at radius 2 is 0.865 bits per heavy atom. The van der Waals surface area contributed by atoms with Gasteiger partial charge in [-0.1, -0.05) is 70.0 Å². The molecule has 0 radical (unpaired) electrons. The van der Waals surface area contributed by atoms with E-state index in [-0.39, 0.29) is 51.6 Å². The van der Waals surface area contributed by atoms with E-state index in [0.29, 0.717) is 50.1 Å². The number of nitrogens with two attached hydrogens (primary N) is 4. The molecule has 19 N–H and O–H groups in total. The molecule has 0 unspecified atom stereocenters. The van der Waals surface area contributed by atoms with Crippen molar-refractivity contribution >= 4 is 128 Å². The molecule has 0 spiro atoms. The predicted molar refractivity (Wildman–Crippen MR) is 471 cm³/mol. The number of aromatic nitrogens is 1. The van der Waals surface area contributed by atoms with Crippen LogP contribution in [0, 0.1) is 11.8 Å². The van der Waals surface area contributed by atoms with Crippen molar-refractivity contribution < 1.29 is 100 Å². The monoisotopic (exact) mass is 1780 g/mol. The van der Waals surface area contributed by atoms with Gasteiger partial charge in [0, 0.05) is 61.0 Å². The first-order valence-electron chi connectivity index (χ1n) is 41.9. The zero-order chi connectivity index (χ0) is 94.1. The van der Waals surface area contributed by atoms with Crippen molar-refractivity contribution in [2.45, 2.75) is 257 Å². The summed E-state index contributed by atoms with van der Waals surface area (Å²) in [6.45, 7) is 20.9. The van der Waals surface area contributed by atoms with E-state index in [2.05, 4.69) is 58.5 Å². The second-order valence-corrected chi connectivity index (χ2v) is 34.5. The van der Waals surface area contributed by atoms with Crippen molar-refractivity contribution in [3.05, 3.63) is 101 Å². The first kappa shape index (κ1) is 105. The van der Waals surface area contributed by atoms with Gasteiger partial charge in [-0.25, -0.2) is 4.98 Å². The third-order valence-corrected chi connectivity index (χ3v) is 19.9. The lowest BCUT2D eigenvalue weighted by Crippen LogP contribution is -2.62. The lowest BCUT2D eigenvalue weighted by atomic mass is 9.97. The van der Waals surface area contributed by atoms with E-state index in [1.165, 1.54) is 14.2 Å². The van der Waals surface area contributed by atoms with Crippen LogP contribution in [0.25, 0.3) is 21.8 Å². The maximum atomic E-state index is 15.3. The van der Waals surface area contributed by atoms with Crippen LogP contribution in [0.1, 0.15) is 197 Å². The number of methoxy groups -OCH3 is 3. The molecule has 38 heteroatoms. The van der Waals surface area contributed by atoms with Crippen LogP contribution in [-0.4, -0.2) is 206 Å². The summed E-state index contributed by atoms with van der Waals surface area (Å²) in [7, 11) is 4.54. The van der Waals surface area contributed by atoms with Crippen molar-refractivity contribution in [1.29, 1.82) is 0 Å². The Morgan fingerprint density at radius 3 is 1.33 bits per heavy atom. The molecule has 4 aromatic carbocycles. The number of hydrogen-bond donors (Lipinski definition) is 15. The molecule has 0 saturated carbocycles. The number of ether oxygens (including phenoxy) is 6. The largest absolute Gasteiger partial charge is 0.497 e. The van der Waals surface area contributed by atoms with Gasteiger partial charge >= 0.3 is 11.9 Å². The topological polar surface area (TPSA) is 561 Å². The fourth-order valence-corrected chi connectivity index (χ4v) is 13.0. The summed E-state index contributed by atoms with van der Waals surface area (Å²) in [5.74, 6) is -13.7. The standard InChI is InChI=1S/C88H127ClN16O21/c1-17-49(4)74(105-84(119)67(47-124-86(5,6)7)103-82(117)60(32-37-69(92)107)97-77(112)58(90)30-36-68(91)106)85(120)100-63(35-40-73(111)126-88(11,12)13)79(114)98-61(33-38-70(93)108)80(115)101-65(43-48(2)3)83(118)99-62(34-39-72(110)125-87(8,9)10)81(116)102-66(46-71(109)104-75(50-19-24-53(121-14)25-20-50)51-21-26-54(122-15)27-22-51)78(113)95-42-18-41-94-76-56-29-23-52(89)44-64(56)96-59-31-28-55(123-16)45-57(59)76/h19-29,31,44-45,48-49,58,60-63,65-67,74-75H,17-18,30,32-43,46-47,90H2,1-16H3,(H2,91,106)(H2,92,107)(H2,93,108)(H,94,96)(H,95,113)(H,97,112)(H,98,114)(H,99,118)(H,100,120)(H,101,115)(H,102,116)(H,103,117)(H,104,109)(H,105,119)/t49-,58-,60-,61-,62-,63-,65-,66-,67-,74-/m0/s1. The van der Waals surface area contributed by atoms with Crippen molar-refractivity contribution in [2.75, 3.05) is 46.3 Å². The van der Waals surface area contributed by atoms with Gasteiger partial charge in [0.2, 0.25) is 76.8 Å². The highest BCUT2D eigenvalue weighted by Gasteiger charge is 2.39. The molecule has 0 aliphatic rings. The highest BCUT2D eigenvalue weighted by Crippen LogP contribution is 2.35. The number of esters is 2. The van der Waals surface area contributed by atoms with Crippen LogP contribution < -0.4 is 95.6 Å². The molecule has 0 fully saturated rings. The van der Waals surface area contributed by atoms with Crippen LogP contribution in [0.5, 0.6) is 17.2 Å². The highest BCUT2D eigenvalue weighted by molar-refractivity contribution is 6.31.